The zero-order valence-corrected chi connectivity index (χ0v) is 18.8. The van der Waals surface area contributed by atoms with E-state index in [1.54, 1.807) is 0 Å². The summed E-state index contributed by atoms with van der Waals surface area (Å²) < 4.78 is 2.01. The van der Waals surface area contributed by atoms with Gasteiger partial charge in [0.1, 0.15) is 0 Å². The first kappa shape index (κ1) is 20.4. The Labute approximate surface area is 170 Å². The first-order valence-corrected chi connectivity index (χ1v) is 11.4. The molecule has 2 aromatic rings. The third-order valence-corrected chi connectivity index (χ3v) is 7.73. The Morgan fingerprint density at radius 2 is 2.19 bits per heavy atom. The molecule has 2 atom stereocenters. The molecule has 0 saturated carbocycles. The highest BCUT2D eigenvalue weighted by Crippen LogP contribution is 2.42. The first-order valence-electron chi connectivity index (χ1n) is 9.66. The van der Waals surface area contributed by atoms with Crippen LogP contribution in [0.1, 0.15) is 51.5 Å². The molecule has 5 nitrogen and oxygen atoms in total. The lowest BCUT2D eigenvalue weighted by Gasteiger charge is -2.33. The van der Waals surface area contributed by atoms with Gasteiger partial charge in [-0.3, -0.25) is 4.79 Å². The maximum absolute atomic E-state index is 12.0. The Kier molecular flexibility index (Phi) is 6.01. The molecule has 0 unspecified atom stereocenters. The van der Waals surface area contributed by atoms with E-state index in [0.29, 0.717) is 12.0 Å². The minimum atomic E-state index is -0.190. The highest BCUT2D eigenvalue weighted by atomic mass is 32.2. The number of rotatable bonds is 5. The summed E-state index contributed by atoms with van der Waals surface area (Å²) in [6.07, 6.45) is 3.58. The van der Waals surface area contributed by atoms with Crippen molar-refractivity contribution in [1.82, 2.24) is 20.1 Å². The van der Waals surface area contributed by atoms with Gasteiger partial charge in [0.2, 0.25) is 5.91 Å². The number of nitrogens with one attached hydrogen (secondary N) is 1. The predicted octanol–water partition coefficient (Wildman–Crippen LogP) is 4.31. The molecule has 1 aliphatic carbocycles. The fourth-order valence-corrected chi connectivity index (χ4v) is 5.60. The van der Waals surface area contributed by atoms with Crippen LogP contribution in [0.3, 0.4) is 0 Å². The van der Waals surface area contributed by atoms with Gasteiger partial charge in [-0.2, -0.15) is 0 Å². The quantitative estimate of drug-likeness (QED) is 0.752. The molecule has 2 aromatic heterocycles. The highest BCUT2D eigenvalue weighted by molar-refractivity contribution is 8.00. The molecule has 0 aromatic carbocycles. The van der Waals surface area contributed by atoms with E-state index >= 15 is 0 Å². The van der Waals surface area contributed by atoms with E-state index in [1.165, 1.54) is 33.5 Å². The van der Waals surface area contributed by atoms with Crippen LogP contribution in [0.15, 0.2) is 11.2 Å². The molecule has 1 amide bonds. The second kappa shape index (κ2) is 7.95. The van der Waals surface area contributed by atoms with Gasteiger partial charge >= 0.3 is 0 Å². The van der Waals surface area contributed by atoms with Crippen molar-refractivity contribution in [3.05, 3.63) is 16.5 Å². The van der Waals surface area contributed by atoms with Crippen molar-refractivity contribution in [2.24, 2.45) is 18.4 Å². The van der Waals surface area contributed by atoms with Gasteiger partial charge in [-0.15, -0.1) is 21.5 Å². The fraction of sp³-hybridized carbons (Fsp3) is 0.650. The summed E-state index contributed by atoms with van der Waals surface area (Å²) in [7, 11) is 1.98. The zero-order chi connectivity index (χ0) is 19.8. The fourth-order valence-electron chi connectivity index (χ4n) is 3.53. The Morgan fingerprint density at radius 3 is 2.85 bits per heavy atom. The molecule has 0 aliphatic heterocycles. The number of aryl methyl sites for hydroxylation is 1. The van der Waals surface area contributed by atoms with Gasteiger partial charge in [0.25, 0.3) is 0 Å². The lowest BCUT2D eigenvalue weighted by atomic mass is 9.72. The van der Waals surface area contributed by atoms with E-state index in [9.17, 15) is 4.79 Å². The largest absolute Gasteiger partial charge is 0.355 e. The van der Waals surface area contributed by atoms with E-state index < -0.39 is 0 Å². The molecule has 0 radical (unpaired) electrons. The average molecular weight is 407 g/mol. The van der Waals surface area contributed by atoms with E-state index in [2.05, 4.69) is 42.4 Å². The number of carbonyl (C=O) groups is 1. The molecule has 1 N–H and O–H groups in total. The number of carbonyl (C=O) groups excluding carboxylic acids is 1. The molecule has 1 aliphatic rings. The van der Waals surface area contributed by atoms with Gasteiger partial charge < -0.3 is 9.88 Å². The molecule has 0 saturated heterocycles. The van der Waals surface area contributed by atoms with Crippen LogP contribution in [0, 0.1) is 11.3 Å². The second-order valence-electron chi connectivity index (χ2n) is 8.38. The van der Waals surface area contributed by atoms with E-state index in [0.717, 1.165) is 29.7 Å². The van der Waals surface area contributed by atoms with Gasteiger partial charge in [0, 0.05) is 18.5 Å². The van der Waals surface area contributed by atoms with Crippen LogP contribution < -0.4 is 5.32 Å². The topological polar surface area (TPSA) is 59.8 Å². The summed E-state index contributed by atoms with van der Waals surface area (Å²) in [4.78, 5) is 14.7. The molecule has 3 rings (SSSR count). The van der Waals surface area contributed by atoms with Crippen molar-refractivity contribution in [2.45, 2.75) is 64.3 Å². The van der Waals surface area contributed by atoms with Crippen molar-refractivity contribution >= 4 is 29.0 Å². The van der Waals surface area contributed by atoms with Gasteiger partial charge in [-0.05, 0) is 56.1 Å². The molecule has 0 bridgehead atoms. The number of thiophene rings is 1. The second-order valence-corrected chi connectivity index (χ2v) is 10.8. The maximum Gasteiger partial charge on any atom is 0.233 e. The van der Waals surface area contributed by atoms with Crippen molar-refractivity contribution in [1.29, 1.82) is 0 Å². The lowest BCUT2D eigenvalue weighted by molar-refractivity contribution is -0.120. The summed E-state index contributed by atoms with van der Waals surface area (Å²) in [6.45, 7) is 11.5. The lowest BCUT2D eigenvalue weighted by Crippen LogP contribution is -2.30. The van der Waals surface area contributed by atoms with E-state index in [4.69, 9.17) is 0 Å². The molecule has 148 valence electrons. The number of amides is 1. The van der Waals surface area contributed by atoms with Gasteiger partial charge in [0.15, 0.2) is 11.0 Å². The number of nitrogens with zero attached hydrogens (tertiary/aromatic N) is 3. The summed E-state index contributed by atoms with van der Waals surface area (Å²) in [5.74, 6) is 1.66. The summed E-state index contributed by atoms with van der Waals surface area (Å²) in [5, 5.41) is 12.2. The van der Waals surface area contributed by atoms with Crippen molar-refractivity contribution < 1.29 is 4.79 Å². The average Bonchev–Trinajstić information content (AvgIpc) is 3.17. The highest BCUT2D eigenvalue weighted by Gasteiger charge is 2.30. The minimum Gasteiger partial charge on any atom is -0.355 e. The Morgan fingerprint density at radius 1 is 1.44 bits per heavy atom. The molecular weight excluding hydrogens is 376 g/mol. The number of hydrogen-bond donors (Lipinski definition) is 1. The summed E-state index contributed by atoms with van der Waals surface area (Å²) in [5.41, 5.74) is 1.83. The van der Waals surface area contributed by atoms with Crippen LogP contribution in [0.5, 0.6) is 0 Å². The third kappa shape index (κ3) is 4.40. The monoisotopic (exact) mass is 406 g/mol. The van der Waals surface area contributed by atoms with Gasteiger partial charge in [0.05, 0.1) is 10.1 Å². The molecular formula is C20H30N4OS2. The normalized spacial score (nSPS) is 18.2. The van der Waals surface area contributed by atoms with Gasteiger partial charge in [-0.25, -0.2) is 0 Å². The van der Waals surface area contributed by atoms with Crippen LogP contribution >= 0.6 is 23.1 Å². The van der Waals surface area contributed by atoms with E-state index in [1.807, 2.05) is 36.8 Å². The molecule has 7 heteroatoms. The smallest absolute Gasteiger partial charge is 0.233 e. The number of hydrogen-bond acceptors (Lipinski definition) is 5. The maximum atomic E-state index is 12.0. The Balaban J connectivity index is 1.78. The van der Waals surface area contributed by atoms with Crippen molar-refractivity contribution in [2.75, 3.05) is 6.54 Å². The number of fused-ring (bicyclic) bond motifs is 1. The molecule has 0 spiro atoms. The van der Waals surface area contributed by atoms with Crippen molar-refractivity contribution in [3.63, 3.8) is 0 Å². The Hall–Kier alpha value is -1.34. The number of aromatic nitrogens is 3. The first-order chi connectivity index (χ1) is 12.7. The summed E-state index contributed by atoms with van der Waals surface area (Å²) >= 11 is 3.30. The van der Waals surface area contributed by atoms with Crippen LogP contribution in [0.25, 0.3) is 10.7 Å². The van der Waals surface area contributed by atoms with Crippen LogP contribution in [-0.4, -0.2) is 32.5 Å². The molecule has 27 heavy (non-hydrogen) atoms. The van der Waals surface area contributed by atoms with Crippen LogP contribution in [0.2, 0.25) is 0 Å². The molecule has 2 heterocycles. The summed E-state index contributed by atoms with van der Waals surface area (Å²) in [6, 6.07) is 2.31. The predicted molar refractivity (Wildman–Crippen MR) is 113 cm³/mol. The van der Waals surface area contributed by atoms with Crippen molar-refractivity contribution in [3.8, 4) is 10.7 Å². The zero-order valence-electron chi connectivity index (χ0n) is 17.1. The Bertz CT molecular complexity index is 819. The minimum absolute atomic E-state index is 0.0341. The SMILES string of the molecule is CCNC(=O)[C@@H](C)Sc1nnc(-c2cc3c(s2)CC[C@H](C(C)(C)C)C3)n1C. The van der Waals surface area contributed by atoms with E-state index in [-0.39, 0.29) is 11.2 Å². The van der Waals surface area contributed by atoms with Crippen LogP contribution in [-0.2, 0) is 24.7 Å². The number of thioether (sulfide) groups is 1. The van der Waals surface area contributed by atoms with Gasteiger partial charge in [-0.1, -0.05) is 32.5 Å². The standard InChI is InChI=1S/C20H30N4OS2/c1-7-21-18(25)12(2)26-19-23-22-17(24(19)6)16-11-13-10-14(20(3,4)5)8-9-15(13)27-16/h11-12,14H,7-10H2,1-6H3,(H,21,25)/t12-,14+/m1/s1. The third-order valence-electron chi connectivity index (χ3n) is 5.37. The van der Waals surface area contributed by atoms with Crippen LogP contribution in [0.4, 0.5) is 0 Å². The molecule has 0 fully saturated rings.